The summed E-state index contributed by atoms with van der Waals surface area (Å²) in [5.74, 6) is -2.55. The SMILES string of the molecule is CC1(C)OC(COS(=O)(=O)[O-])[C@@](C)(COC[C@@]2(C)OC(C(=O)[O-])=C[C@H](O)C2O)[C@H](O)C1NS(=O)(=O)[O-]. The van der Waals surface area contributed by atoms with Gasteiger partial charge in [-0.1, -0.05) is 6.92 Å². The number of aliphatic carboxylic acids is 1. The monoisotopic (exact) mass is 562 g/mol. The first-order valence-corrected chi connectivity index (χ1v) is 13.1. The van der Waals surface area contributed by atoms with Gasteiger partial charge in [-0.05, 0) is 26.8 Å². The molecule has 3 unspecified atom stereocenters. The van der Waals surface area contributed by atoms with Crippen LogP contribution in [0.1, 0.15) is 27.7 Å². The van der Waals surface area contributed by atoms with Gasteiger partial charge in [0.05, 0.1) is 43.7 Å². The van der Waals surface area contributed by atoms with Crippen LogP contribution in [0.5, 0.6) is 0 Å². The zero-order chi connectivity index (χ0) is 27.9. The highest BCUT2D eigenvalue weighted by atomic mass is 32.3. The van der Waals surface area contributed by atoms with Crippen LogP contribution >= 0.6 is 0 Å². The van der Waals surface area contributed by atoms with Gasteiger partial charge >= 0.3 is 0 Å². The summed E-state index contributed by atoms with van der Waals surface area (Å²) in [6.07, 6.45) is -5.83. The van der Waals surface area contributed by atoms with Crippen molar-refractivity contribution in [3.63, 3.8) is 0 Å². The van der Waals surface area contributed by atoms with Crippen molar-refractivity contribution < 1.29 is 69.6 Å². The Hall–Kier alpha value is -1.45. The van der Waals surface area contributed by atoms with Crippen LogP contribution in [-0.4, -0.2) is 109 Å². The average molecular weight is 563 g/mol. The largest absolute Gasteiger partial charge is 0.735 e. The molecule has 0 saturated carbocycles. The summed E-state index contributed by atoms with van der Waals surface area (Å²) in [6, 6.07) is -1.57. The maximum atomic E-state index is 11.4. The van der Waals surface area contributed by atoms with E-state index in [1.165, 1.54) is 27.7 Å². The molecule has 2 heterocycles. The lowest BCUT2D eigenvalue weighted by atomic mass is 9.70. The Morgan fingerprint density at radius 1 is 1.08 bits per heavy atom. The number of hydrogen-bond donors (Lipinski definition) is 4. The zero-order valence-electron chi connectivity index (χ0n) is 19.6. The molecule has 0 aliphatic carbocycles. The Labute approximate surface area is 207 Å². The van der Waals surface area contributed by atoms with Crippen LogP contribution in [0.3, 0.4) is 0 Å². The molecule has 0 aromatic heterocycles. The van der Waals surface area contributed by atoms with E-state index in [9.17, 15) is 51.2 Å². The fraction of sp³-hybridized carbons (Fsp3) is 0.833. The van der Waals surface area contributed by atoms with E-state index < -0.39 is 99.3 Å². The molecule has 2 aliphatic heterocycles. The molecule has 36 heavy (non-hydrogen) atoms. The molecule has 7 atom stereocenters. The normalized spacial score (nSPS) is 37.1. The van der Waals surface area contributed by atoms with E-state index in [4.69, 9.17) is 14.2 Å². The number of hydrogen-bond acceptors (Lipinski definition) is 15. The molecule has 16 nitrogen and oxygen atoms in total. The summed E-state index contributed by atoms with van der Waals surface area (Å²) < 4.78 is 89.5. The Bertz CT molecular complexity index is 1070. The predicted octanol–water partition coefficient (Wildman–Crippen LogP) is -4.41. The van der Waals surface area contributed by atoms with Crippen LogP contribution in [0.4, 0.5) is 0 Å². The maximum Gasteiger partial charge on any atom is 0.217 e. The van der Waals surface area contributed by atoms with Crippen molar-refractivity contribution >= 4 is 26.7 Å². The standard InChI is InChI=1S/C18H31NO15S2/c1-16(2)12(19-35(25,26)27)14(22)17(3,11(34-16)6-32-36(28,29)30)7-31-8-18(4)13(21)9(20)5-10(33-18)15(23)24/h5,9,11-14,19-22H,6-8H2,1-4H3,(H,23,24)(H,25,26,27)(H,28,29,30)/p-3/t9-,11?,12?,13?,14+,17+,18+/m0/s1. The molecule has 18 heteroatoms. The van der Waals surface area contributed by atoms with Gasteiger partial charge in [-0.25, -0.2) is 21.6 Å². The first-order valence-electron chi connectivity index (χ1n) is 10.4. The summed E-state index contributed by atoms with van der Waals surface area (Å²) in [4.78, 5) is 11.2. The number of carbonyl (C=O) groups excluding carboxylic acids is 1. The van der Waals surface area contributed by atoms with Crippen LogP contribution in [0.15, 0.2) is 11.8 Å². The van der Waals surface area contributed by atoms with E-state index in [2.05, 4.69) is 4.18 Å². The lowest BCUT2D eigenvalue weighted by molar-refractivity contribution is -0.307. The van der Waals surface area contributed by atoms with Gasteiger partial charge < -0.3 is 48.5 Å². The van der Waals surface area contributed by atoms with Crippen LogP contribution < -0.4 is 9.83 Å². The summed E-state index contributed by atoms with van der Waals surface area (Å²) in [5.41, 5.74) is -5.21. The van der Waals surface area contributed by atoms with Gasteiger partial charge in [0.1, 0.15) is 23.9 Å². The second-order valence-corrected chi connectivity index (χ2v) is 11.8. The average Bonchev–Trinajstić information content (AvgIpc) is 2.70. The van der Waals surface area contributed by atoms with Crippen molar-refractivity contribution in [2.45, 2.75) is 69.4 Å². The predicted molar refractivity (Wildman–Crippen MR) is 111 cm³/mol. The Kier molecular flexibility index (Phi) is 8.86. The molecular formula is C18H28NO15S2-3. The zero-order valence-corrected chi connectivity index (χ0v) is 21.3. The van der Waals surface area contributed by atoms with Crippen molar-refractivity contribution in [1.82, 2.24) is 4.72 Å². The van der Waals surface area contributed by atoms with E-state index in [1.54, 1.807) is 4.72 Å². The Morgan fingerprint density at radius 2 is 1.67 bits per heavy atom. The van der Waals surface area contributed by atoms with Gasteiger partial charge in [0, 0.05) is 5.41 Å². The summed E-state index contributed by atoms with van der Waals surface area (Å²) in [6.45, 7) is 2.89. The molecule has 2 aliphatic rings. The quantitative estimate of drug-likeness (QED) is 0.145. The van der Waals surface area contributed by atoms with Crippen molar-refractivity contribution in [3.05, 3.63) is 11.8 Å². The first-order chi connectivity index (χ1) is 16.1. The van der Waals surface area contributed by atoms with Gasteiger partial charge in [-0.3, -0.25) is 4.18 Å². The first kappa shape index (κ1) is 30.8. The van der Waals surface area contributed by atoms with Gasteiger partial charge in [0.15, 0.2) is 15.9 Å². The van der Waals surface area contributed by atoms with Crippen molar-refractivity contribution in [2.24, 2.45) is 5.41 Å². The number of carboxylic acids is 1. The lowest BCUT2D eigenvalue weighted by Gasteiger charge is -2.55. The molecule has 0 aromatic carbocycles. The minimum absolute atomic E-state index is 0.611. The summed E-state index contributed by atoms with van der Waals surface area (Å²) >= 11 is 0. The number of nitrogens with one attached hydrogen (secondary N) is 1. The van der Waals surface area contributed by atoms with E-state index >= 15 is 0 Å². The number of aliphatic hydroxyl groups is 3. The fourth-order valence-electron chi connectivity index (χ4n) is 4.09. The third-order valence-electron chi connectivity index (χ3n) is 6.17. The molecule has 0 radical (unpaired) electrons. The van der Waals surface area contributed by atoms with Crippen LogP contribution in [0, 0.1) is 5.41 Å². The highest BCUT2D eigenvalue weighted by Gasteiger charge is 2.57. The van der Waals surface area contributed by atoms with Gasteiger partial charge in [-0.15, -0.1) is 0 Å². The fourth-order valence-corrected chi connectivity index (χ4v) is 5.10. The van der Waals surface area contributed by atoms with Crippen LogP contribution in [0.25, 0.3) is 0 Å². The highest BCUT2D eigenvalue weighted by molar-refractivity contribution is 7.83. The van der Waals surface area contributed by atoms with Crippen LogP contribution in [0.2, 0.25) is 0 Å². The topological polar surface area (TPSA) is 264 Å². The van der Waals surface area contributed by atoms with E-state index in [0.717, 1.165) is 6.08 Å². The van der Waals surface area contributed by atoms with Crippen LogP contribution in [-0.2, 0) is 43.9 Å². The maximum absolute atomic E-state index is 11.4. The third-order valence-corrected chi connectivity index (χ3v) is 7.14. The molecule has 0 aromatic rings. The minimum atomic E-state index is -5.21. The van der Waals surface area contributed by atoms with Crippen molar-refractivity contribution in [3.8, 4) is 0 Å². The third kappa shape index (κ3) is 7.10. The van der Waals surface area contributed by atoms with E-state index in [0.29, 0.717) is 0 Å². The smallest absolute Gasteiger partial charge is 0.217 e. The van der Waals surface area contributed by atoms with E-state index in [1.807, 2.05) is 0 Å². The minimum Gasteiger partial charge on any atom is -0.735 e. The molecule has 1 saturated heterocycles. The molecule has 210 valence electrons. The summed E-state index contributed by atoms with van der Waals surface area (Å²) in [5, 5.41) is 42.5. The van der Waals surface area contributed by atoms with Gasteiger partial charge in [0.25, 0.3) is 0 Å². The molecule has 2 rings (SSSR count). The number of carboxylic acid groups (broad SMARTS) is 1. The summed E-state index contributed by atoms with van der Waals surface area (Å²) in [7, 11) is -10.3. The molecule has 0 spiro atoms. The number of rotatable bonds is 10. The lowest BCUT2D eigenvalue weighted by Crippen LogP contribution is -2.71. The second kappa shape index (κ2) is 10.4. The molecular weight excluding hydrogens is 534 g/mol. The highest BCUT2D eigenvalue weighted by Crippen LogP contribution is 2.42. The Morgan fingerprint density at radius 3 is 2.17 bits per heavy atom. The number of ether oxygens (including phenoxy) is 3. The number of carbonyl (C=O) groups is 1. The second-order valence-electron chi connectivity index (χ2n) is 9.56. The molecule has 4 N–H and O–H groups in total. The molecule has 0 amide bonds. The van der Waals surface area contributed by atoms with E-state index in [-0.39, 0.29) is 0 Å². The van der Waals surface area contributed by atoms with Gasteiger partial charge in [0.2, 0.25) is 10.4 Å². The Balaban J connectivity index is 2.33. The van der Waals surface area contributed by atoms with Gasteiger partial charge in [-0.2, -0.15) is 0 Å². The van der Waals surface area contributed by atoms with Crippen molar-refractivity contribution in [2.75, 3.05) is 19.8 Å². The molecule has 0 bridgehead atoms. The molecule has 1 fully saturated rings. The van der Waals surface area contributed by atoms with Crippen molar-refractivity contribution in [1.29, 1.82) is 0 Å². The number of aliphatic hydroxyl groups excluding tert-OH is 3.